The summed E-state index contributed by atoms with van der Waals surface area (Å²) < 4.78 is 1.82. The zero-order valence-corrected chi connectivity index (χ0v) is 15.3. The van der Waals surface area contributed by atoms with Crippen molar-refractivity contribution in [2.24, 2.45) is 12.5 Å². The van der Waals surface area contributed by atoms with Gasteiger partial charge in [0.2, 0.25) is 12.3 Å². The second-order valence-corrected chi connectivity index (χ2v) is 7.65. The van der Waals surface area contributed by atoms with Gasteiger partial charge in [-0.15, -0.1) is 0 Å². The van der Waals surface area contributed by atoms with Gasteiger partial charge in [-0.25, -0.2) is 0 Å². The minimum atomic E-state index is -0.0937. The molecular formula is C19H25N5O2. The Morgan fingerprint density at radius 3 is 2.85 bits per heavy atom. The first kappa shape index (κ1) is 17.0. The molecule has 1 aliphatic carbocycles. The van der Waals surface area contributed by atoms with Crippen LogP contribution < -0.4 is 15.5 Å². The molecule has 2 heterocycles. The minimum absolute atomic E-state index is 0.0937. The van der Waals surface area contributed by atoms with Crippen molar-refractivity contribution in [2.45, 2.75) is 25.2 Å². The van der Waals surface area contributed by atoms with Crippen LogP contribution in [0.3, 0.4) is 0 Å². The quantitative estimate of drug-likeness (QED) is 0.762. The molecule has 0 unspecified atom stereocenters. The topological polar surface area (TPSA) is 79.3 Å². The van der Waals surface area contributed by atoms with E-state index < -0.39 is 0 Å². The molecule has 138 valence electrons. The second-order valence-electron chi connectivity index (χ2n) is 7.65. The SMILES string of the molecule is CNC(=O)CCN(C=O)c1nn(C)c2cc(C3CC4(CNC4)C3)ccc12. The van der Waals surface area contributed by atoms with E-state index in [-0.39, 0.29) is 12.3 Å². The number of aryl methyl sites for hydroxylation is 1. The highest BCUT2D eigenvalue weighted by Gasteiger charge is 2.48. The number of nitrogens with zero attached hydrogens (tertiary/aromatic N) is 3. The van der Waals surface area contributed by atoms with Crippen LogP contribution >= 0.6 is 0 Å². The molecule has 1 aromatic carbocycles. The van der Waals surface area contributed by atoms with Crippen molar-refractivity contribution < 1.29 is 9.59 Å². The third kappa shape index (κ3) is 2.76. The van der Waals surface area contributed by atoms with E-state index in [1.54, 1.807) is 7.05 Å². The lowest BCUT2D eigenvalue weighted by molar-refractivity contribution is -0.120. The Morgan fingerprint density at radius 1 is 1.46 bits per heavy atom. The Kier molecular flexibility index (Phi) is 4.19. The van der Waals surface area contributed by atoms with Crippen molar-refractivity contribution in [1.82, 2.24) is 20.4 Å². The fourth-order valence-electron chi connectivity index (χ4n) is 4.27. The molecule has 1 saturated heterocycles. The summed E-state index contributed by atoms with van der Waals surface area (Å²) in [7, 11) is 3.49. The van der Waals surface area contributed by atoms with Crippen LogP contribution in [0.2, 0.25) is 0 Å². The number of benzene rings is 1. The van der Waals surface area contributed by atoms with E-state index in [9.17, 15) is 9.59 Å². The summed E-state index contributed by atoms with van der Waals surface area (Å²) in [5.41, 5.74) is 2.93. The van der Waals surface area contributed by atoms with Gasteiger partial charge in [0.05, 0.1) is 5.52 Å². The molecule has 1 spiro atoms. The van der Waals surface area contributed by atoms with Crippen molar-refractivity contribution in [3.63, 3.8) is 0 Å². The molecule has 1 saturated carbocycles. The average Bonchev–Trinajstić information content (AvgIpc) is 2.89. The van der Waals surface area contributed by atoms with Crippen molar-refractivity contribution >= 4 is 29.0 Å². The van der Waals surface area contributed by atoms with Crippen LogP contribution in [0.4, 0.5) is 5.82 Å². The van der Waals surface area contributed by atoms with Crippen LogP contribution in [-0.2, 0) is 16.6 Å². The van der Waals surface area contributed by atoms with E-state index in [0.29, 0.717) is 23.7 Å². The van der Waals surface area contributed by atoms with Crippen molar-refractivity contribution in [1.29, 1.82) is 0 Å². The summed E-state index contributed by atoms with van der Waals surface area (Å²) in [6.45, 7) is 2.62. The summed E-state index contributed by atoms with van der Waals surface area (Å²) in [4.78, 5) is 24.5. The molecule has 26 heavy (non-hydrogen) atoms. The van der Waals surface area contributed by atoms with Gasteiger partial charge in [-0.05, 0) is 41.9 Å². The lowest BCUT2D eigenvalue weighted by Gasteiger charge is -2.54. The fourth-order valence-corrected chi connectivity index (χ4v) is 4.27. The molecule has 2 N–H and O–H groups in total. The second kappa shape index (κ2) is 6.39. The molecule has 7 nitrogen and oxygen atoms in total. The Balaban J connectivity index is 1.57. The van der Waals surface area contributed by atoms with Crippen LogP contribution in [0.15, 0.2) is 18.2 Å². The van der Waals surface area contributed by atoms with Crippen molar-refractivity contribution in [2.75, 3.05) is 31.6 Å². The van der Waals surface area contributed by atoms with Crippen molar-refractivity contribution in [3.05, 3.63) is 23.8 Å². The lowest BCUT2D eigenvalue weighted by Crippen LogP contribution is -2.59. The maximum atomic E-state index is 11.5. The highest BCUT2D eigenvalue weighted by Crippen LogP contribution is 2.53. The van der Waals surface area contributed by atoms with E-state index in [4.69, 9.17) is 0 Å². The van der Waals surface area contributed by atoms with Gasteiger partial charge < -0.3 is 10.6 Å². The van der Waals surface area contributed by atoms with Crippen LogP contribution in [0.5, 0.6) is 0 Å². The van der Waals surface area contributed by atoms with E-state index in [0.717, 1.165) is 30.4 Å². The van der Waals surface area contributed by atoms with Crippen molar-refractivity contribution in [3.8, 4) is 0 Å². The normalized spacial score (nSPS) is 18.4. The highest BCUT2D eigenvalue weighted by atomic mass is 16.2. The molecule has 2 aliphatic rings. The number of hydrogen-bond donors (Lipinski definition) is 2. The average molecular weight is 355 g/mol. The molecule has 4 rings (SSSR count). The Morgan fingerprint density at radius 2 is 2.23 bits per heavy atom. The monoisotopic (exact) mass is 355 g/mol. The van der Waals surface area contributed by atoms with E-state index in [2.05, 4.69) is 33.9 Å². The Hall–Kier alpha value is -2.41. The van der Waals surface area contributed by atoms with Crippen LogP contribution in [0.1, 0.15) is 30.7 Å². The molecule has 2 amide bonds. The van der Waals surface area contributed by atoms with Gasteiger partial charge in [-0.3, -0.25) is 19.2 Å². The number of carbonyl (C=O) groups excluding carboxylic acids is 2. The van der Waals surface area contributed by atoms with Crippen LogP contribution in [0, 0.1) is 5.41 Å². The fraction of sp³-hybridized carbons (Fsp3) is 0.526. The Labute approximate surface area is 152 Å². The van der Waals surface area contributed by atoms with Gasteiger partial charge in [0.15, 0.2) is 5.82 Å². The van der Waals surface area contributed by atoms with Gasteiger partial charge >= 0.3 is 0 Å². The first-order valence-electron chi connectivity index (χ1n) is 9.15. The molecule has 0 radical (unpaired) electrons. The number of fused-ring (bicyclic) bond motifs is 1. The number of amides is 2. The maximum Gasteiger partial charge on any atom is 0.221 e. The predicted octanol–water partition coefficient (Wildman–Crippen LogP) is 1.14. The summed E-state index contributed by atoms with van der Waals surface area (Å²) >= 11 is 0. The molecule has 0 atom stereocenters. The number of anilines is 1. The standard InChI is InChI=1S/C19H25N5O2/c1-20-17(26)5-6-24(12-25)18-15-4-3-13(7-16(15)23(2)22-18)14-8-19(9-14)10-21-11-19/h3-4,7,12,14,21H,5-6,8-11H2,1-2H3,(H,20,26). The molecular weight excluding hydrogens is 330 g/mol. The van der Waals surface area contributed by atoms with E-state index >= 15 is 0 Å². The predicted molar refractivity (Wildman–Crippen MR) is 100 cm³/mol. The third-order valence-electron chi connectivity index (χ3n) is 5.94. The lowest BCUT2D eigenvalue weighted by atomic mass is 9.57. The maximum absolute atomic E-state index is 11.5. The molecule has 2 fully saturated rings. The zero-order valence-electron chi connectivity index (χ0n) is 15.3. The molecule has 2 aromatic rings. The van der Waals surface area contributed by atoms with E-state index in [1.165, 1.54) is 23.3 Å². The van der Waals surface area contributed by atoms with Gasteiger partial charge in [0.25, 0.3) is 0 Å². The number of hydrogen-bond acceptors (Lipinski definition) is 4. The number of rotatable bonds is 6. The third-order valence-corrected chi connectivity index (χ3v) is 5.94. The molecule has 7 heteroatoms. The first-order chi connectivity index (χ1) is 12.5. The minimum Gasteiger partial charge on any atom is -0.359 e. The number of nitrogens with one attached hydrogen (secondary N) is 2. The number of carbonyl (C=O) groups is 2. The highest BCUT2D eigenvalue weighted by molar-refractivity contribution is 5.96. The van der Waals surface area contributed by atoms with Crippen LogP contribution in [-0.4, -0.2) is 48.8 Å². The summed E-state index contributed by atoms with van der Waals surface area (Å²) in [6.07, 6.45) is 3.51. The molecule has 1 aliphatic heterocycles. The van der Waals surface area contributed by atoms with Crippen LogP contribution in [0.25, 0.3) is 10.9 Å². The van der Waals surface area contributed by atoms with Gasteiger partial charge in [0.1, 0.15) is 0 Å². The summed E-state index contributed by atoms with van der Waals surface area (Å²) in [5, 5.41) is 11.4. The summed E-state index contributed by atoms with van der Waals surface area (Å²) in [5.74, 6) is 1.14. The Bertz CT molecular complexity index is 847. The molecule has 0 bridgehead atoms. The number of aromatic nitrogens is 2. The van der Waals surface area contributed by atoms with E-state index in [1.807, 2.05) is 11.7 Å². The van der Waals surface area contributed by atoms with Gasteiger partial charge in [-0.2, -0.15) is 5.10 Å². The summed E-state index contributed by atoms with van der Waals surface area (Å²) in [6, 6.07) is 6.43. The molecule has 1 aromatic heterocycles. The first-order valence-corrected chi connectivity index (χ1v) is 9.15. The van der Waals surface area contributed by atoms with Gasteiger partial charge in [-0.1, -0.05) is 6.07 Å². The zero-order chi connectivity index (χ0) is 18.3. The van der Waals surface area contributed by atoms with Gasteiger partial charge in [0, 0.05) is 45.5 Å². The largest absolute Gasteiger partial charge is 0.359 e. The smallest absolute Gasteiger partial charge is 0.221 e.